The number of hydrogen-bond donors (Lipinski definition) is 2. The Morgan fingerprint density at radius 1 is 0.953 bits per heavy atom. The van der Waals surface area contributed by atoms with Gasteiger partial charge in [-0.2, -0.15) is 0 Å². The lowest BCUT2D eigenvalue weighted by Gasteiger charge is -2.60. The second kappa shape index (κ2) is 20.7. The number of rotatable bonds is 21. The summed E-state index contributed by atoms with van der Waals surface area (Å²) in [6, 6.07) is 30.7. The zero-order chi connectivity index (χ0) is 44.7. The highest BCUT2D eigenvalue weighted by Crippen LogP contribution is 2.62. The van der Waals surface area contributed by atoms with Crippen LogP contribution in [0.3, 0.4) is 0 Å². The second-order valence-corrected chi connectivity index (χ2v) is 20.0. The lowest BCUT2D eigenvalue weighted by Crippen LogP contribution is -2.70. The third-order valence-electron chi connectivity index (χ3n) is 13.2. The quantitative estimate of drug-likeness (QED) is 0.0368. The van der Waals surface area contributed by atoms with Gasteiger partial charge in [-0.15, -0.1) is 18.3 Å². The van der Waals surface area contributed by atoms with Gasteiger partial charge in [-0.05, 0) is 123 Å². The van der Waals surface area contributed by atoms with Crippen LogP contribution < -0.4 is 9.47 Å². The summed E-state index contributed by atoms with van der Waals surface area (Å²) in [5.41, 5.74) is 3.38. The maximum Gasteiger partial charge on any atom is 0.239 e. The molecule has 4 aromatic rings. The molecule has 3 aliphatic carbocycles. The number of fused-ring (bicyclic) bond motifs is 3. The summed E-state index contributed by atoms with van der Waals surface area (Å²) in [5, 5.41) is 27.3. The highest BCUT2D eigenvalue weighted by atomic mass is 32.2. The number of nitrogens with zero attached hydrogens (tertiary/aromatic N) is 2. The molecule has 0 spiro atoms. The van der Waals surface area contributed by atoms with Crippen LogP contribution in [0.15, 0.2) is 125 Å². The summed E-state index contributed by atoms with van der Waals surface area (Å²) in [5.74, 6) is 0.718. The van der Waals surface area contributed by atoms with Crippen LogP contribution in [0.1, 0.15) is 95.6 Å². The van der Waals surface area contributed by atoms with Crippen molar-refractivity contribution in [1.29, 1.82) is 0 Å². The van der Waals surface area contributed by atoms with Gasteiger partial charge in [0.2, 0.25) is 11.7 Å². The summed E-state index contributed by atoms with van der Waals surface area (Å²) in [6.45, 7) is 11.5. The number of allylic oxidation sites excluding steroid dienone is 1. The molecule has 4 aliphatic rings. The Hall–Kier alpha value is -4.61. The van der Waals surface area contributed by atoms with Gasteiger partial charge in [0, 0.05) is 54.2 Å². The van der Waals surface area contributed by atoms with Crippen molar-refractivity contribution in [1.82, 2.24) is 4.90 Å². The van der Waals surface area contributed by atoms with Crippen molar-refractivity contribution < 1.29 is 34.1 Å². The first-order valence-corrected chi connectivity index (χ1v) is 24.5. The van der Waals surface area contributed by atoms with Crippen LogP contribution in [-0.2, 0) is 20.9 Å². The van der Waals surface area contributed by atoms with Crippen molar-refractivity contribution in [3.63, 3.8) is 0 Å². The number of benzene rings is 4. The number of thioether (sulfide) groups is 1. The van der Waals surface area contributed by atoms with Crippen molar-refractivity contribution in [3.8, 4) is 11.5 Å². The van der Waals surface area contributed by atoms with E-state index in [2.05, 4.69) is 90.4 Å². The number of carbonyl (C=O) groups is 1. The zero-order valence-corrected chi connectivity index (χ0v) is 38.6. The Morgan fingerprint density at radius 2 is 1.70 bits per heavy atom. The lowest BCUT2D eigenvalue weighted by atomic mass is 9.55. The van der Waals surface area contributed by atoms with Crippen molar-refractivity contribution in [2.45, 2.75) is 113 Å². The minimum atomic E-state index is -1.33. The minimum absolute atomic E-state index is 0.0745. The Labute approximate surface area is 383 Å². The van der Waals surface area contributed by atoms with Crippen molar-refractivity contribution >= 4 is 34.2 Å². The molecule has 6 atom stereocenters. The fourth-order valence-electron chi connectivity index (χ4n) is 10.3. The first-order valence-electron chi connectivity index (χ1n) is 23.5. The van der Waals surface area contributed by atoms with Gasteiger partial charge in [-0.1, -0.05) is 90.8 Å². The van der Waals surface area contributed by atoms with E-state index in [-0.39, 0.29) is 55.3 Å². The number of aliphatic hydroxyl groups excluding tert-OH is 2. The largest absolute Gasteiger partial charge is 0.493 e. The zero-order valence-electron chi connectivity index (χ0n) is 37.8. The Balaban J connectivity index is 1.30. The van der Waals surface area contributed by atoms with Crippen molar-refractivity contribution in [3.05, 3.63) is 126 Å². The molecule has 64 heavy (non-hydrogen) atoms. The molecule has 9 nitrogen and oxygen atoms in total. The summed E-state index contributed by atoms with van der Waals surface area (Å²) < 4.78 is 21.3. The maximum atomic E-state index is 15.1. The normalized spacial score (nSPS) is 24.3. The number of amides is 1. The van der Waals surface area contributed by atoms with Gasteiger partial charge in [-0.25, -0.2) is 0 Å². The van der Waals surface area contributed by atoms with E-state index in [4.69, 9.17) is 24.2 Å². The Morgan fingerprint density at radius 3 is 2.45 bits per heavy atom. The summed E-state index contributed by atoms with van der Waals surface area (Å²) in [7, 11) is 0. The van der Waals surface area contributed by atoms with Crippen LogP contribution in [-0.4, -0.2) is 76.3 Å². The average molecular weight is 887 g/mol. The molecule has 340 valence electrons. The van der Waals surface area contributed by atoms with Crippen LogP contribution in [0.4, 0.5) is 0 Å². The average Bonchev–Trinajstić information content (AvgIpc) is 4.16. The van der Waals surface area contributed by atoms with E-state index in [0.29, 0.717) is 32.4 Å². The number of unbranched alkanes of at least 4 members (excludes halogenated alkanes) is 2. The molecule has 2 saturated carbocycles. The number of aliphatic hydroxyl groups is 2. The third-order valence-corrected chi connectivity index (χ3v) is 14.2. The van der Waals surface area contributed by atoms with E-state index >= 15 is 4.79 Å². The van der Waals surface area contributed by atoms with E-state index in [9.17, 15) is 10.2 Å². The molecule has 6 unspecified atom stereocenters. The third kappa shape index (κ3) is 10.3. The van der Waals surface area contributed by atoms with Crippen LogP contribution in [0.25, 0.3) is 10.8 Å². The predicted octanol–water partition coefficient (Wildman–Crippen LogP) is 10.9. The van der Waals surface area contributed by atoms with Crippen LogP contribution in [0.2, 0.25) is 0 Å². The van der Waals surface area contributed by atoms with Gasteiger partial charge in [0.25, 0.3) is 0 Å². The van der Waals surface area contributed by atoms with Gasteiger partial charge in [-0.3, -0.25) is 4.79 Å². The molecular weight excluding hydrogens is 821 g/mol. The molecule has 0 bridgehead atoms. The minimum Gasteiger partial charge on any atom is -0.493 e. The SMILES string of the molecule is C=CCOC12Oc3ccc(OCCSc4ccccc4)cc3C3C(CCCCO)C(CCCCO)C=C(C(=NOC(C)(C)C)CC1N(Cc1cccc4ccccc14)C(=O)C1CC1)C32. The molecule has 10 heteroatoms. The highest BCUT2D eigenvalue weighted by molar-refractivity contribution is 7.99. The van der Waals surface area contributed by atoms with E-state index in [0.717, 1.165) is 89.0 Å². The number of oxime groups is 1. The maximum absolute atomic E-state index is 15.1. The summed E-state index contributed by atoms with van der Waals surface area (Å²) >= 11 is 1.77. The molecule has 2 N–H and O–H groups in total. The summed E-state index contributed by atoms with van der Waals surface area (Å²) in [6.07, 6.45) is 11.1. The monoisotopic (exact) mass is 886 g/mol. The van der Waals surface area contributed by atoms with Crippen molar-refractivity contribution in [2.75, 3.05) is 32.2 Å². The Kier molecular flexibility index (Phi) is 14.9. The molecule has 8 rings (SSSR count). The van der Waals surface area contributed by atoms with Crippen LogP contribution >= 0.6 is 11.8 Å². The molecule has 0 radical (unpaired) electrons. The first-order chi connectivity index (χ1) is 31.1. The molecule has 4 aromatic carbocycles. The summed E-state index contributed by atoms with van der Waals surface area (Å²) in [4.78, 5) is 24.7. The van der Waals surface area contributed by atoms with E-state index < -0.39 is 17.4 Å². The smallest absolute Gasteiger partial charge is 0.239 e. The van der Waals surface area contributed by atoms with Crippen molar-refractivity contribution in [2.24, 2.45) is 28.8 Å². The van der Waals surface area contributed by atoms with Gasteiger partial charge in [0.15, 0.2) is 0 Å². The van der Waals surface area contributed by atoms with Gasteiger partial charge < -0.3 is 34.2 Å². The fraction of sp³-hybridized carbons (Fsp3) is 0.481. The Bertz CT molecular complexity index is 2280. The molecule has 1 aliphatic heterocycles. The van der Waals surface area contributed by atoms with E-state index in [1.54, 1.807) is 17.8 Å². The second-order valence-electron chi connectivity index (χ2n) is 18.9. The number of hydrogen-bond acceptors (Lipinski definition) is 9. The van der Waals surface area contributed by atoms with Gasteiger partial charge >= 0.3 is 0 Å². The topological polar surface area (TPSA) is 110 Å². The standard InChI is InChI=1S/C54H66N2O7S/c1-5-30-61-54-49(56(52(59)38-24-25-38)36-40-19-15-18-37-16-9-10-22-43(37)40)35-47(55-63-53(2,3)4)45-33-39(17-11-13-28-57)44(23-12-14-29-58)50(51(45)54)46-34-41(26-27-48(46)62-54)60-31-32-64-42-20-7-6-8-21-42/h5-10,15-16,18-22,26-27,33-34,38-39,44,49-51,57-58H,1,11-14,17,23-25,28-32,35-36H2,2-4H3. The first kappa shape index (κ1) is 45.9. The number of carbonyl (C=O) groups excluding carboxylic acids is 1. The van der Waals surface area contributed by atoms with Gasteiger partial charge in [0.05, 0.1) is 24.8 Å². The lowest BCUT2D eigenvalue weighted by molar-refractivity contribution is -0.258. The van der Waals surface area contributed by atoms with Crippen LogP contribution in [0, 0.1) is 23.7 Å². The molecule has 0 aromatic heterocycles. The van der Waals surface area contributed by atoms with E-state index in [1.165, 1.54) is 4.90 Å². The molecule has 0 saturated heterocycles. The van der Waals surface area contributed by atoms with Crippen LogP contribution in [0.5, 0.6) is 11.5 Å². The molecule has 1 amide bonds. The molecule has 2 fully saturated rings. The molecular formula is C54H66N2O7S. The molecule has 1 heterocycles. The van der Waals surface area contributed by atoms with Gasteiger partial charge in [0.1, 0.15) is 23.1 Å². The fourth-order valence-corrected chi connectivity index (χ4v) is 11.0. The van der Waals surface area contributed by atoms with E-state index in [1.807, 2.05) is 39.0 Å². The number of ether oxygens (including phenoxy) is 3. The highest BCUT2D eigenvalue weighted by Gasteiger charge is 2.66. The predicted molar refractivity (Wildman–Crippen MR) is 256 cm³/mol.